The van der Waals surface area contributed by atoms with Crippen molar-refractivity contribution < 1.29 is 19.4 Å². The van der Waals surface area contributed by atoms with Gasteiger partial charge in [-0.3, -0.25) is 4.79 Å². The normalized spacial score (nSPS) is 13.6. The third-order valence-corrected chi connectivity index (χ3v) is 3.51. The van der Waals surface area contributed by atoms with Crippen molar-refractivity contribution in [1.82, 2.24) is 5.32 Å². The van der Waals surface area contributed by atoms with Gasteiger partial charge in [0.2, 0.25) is 0 Å². The molecular formula is C16H23NO4. The van der Waals surface area contributed by atoms with Crippen LogP contribution in [0.25, 0.3) is 0 Å². The highest BCUT2D eigenvalue weighted by Gasteiger charge is 2.32. The van der Waals surface area contributed by atoms with Crippen LogP contribution in [0, 0.1) is 0 Å². The summed E-state index contributed by atoms with van der Waals surface area (Å²) in [4.78, 5) is 22.9. The van der Waals surface area contributed by atoms with E-state index in [0.29, 0.717) is 18.1 Å². The zero-order valence-corrected chi connectivity index (χ0v) is 13.0. The summed E-state index contributed by atoms with van der Waals surface area (Å²) >= 11 is 0. The van der Waals surface area contributed by atoms with Crippen molar-refractivity contribution in [3.05, 3.63) is 29.8 Å². The minimum atomic E-state index is -1.26. The molecule has 5 heteroatoms. The molecule has 5 nitrogen and oxygen atoms in total. The maximum Gasteiger partial charge on any atom is 0.329 e. The fourth-order valence-electron chi connectivity index (χ4n) is 1.73. The molecule has 1 atom stereocenters. The molecular weight excluding hydrogens is 270 g/mol. The number of benzene rings is 1. The van der Waals surface area contributed by atoms with Gasteiger partial charge in [0, 0.05) is 0 Å². The van der Waals surface area contributed by atoms with Gasteiger partial charge in [0.1, 0.15) is 11.3 Å². The van der Waals surface area contributed by atoms with E-state index in [1.54, 1.807) is 19.1 Å². The predicted octanol–water partition coefficient (Wildman–Crippen LogP) is 2.56. The summed E-state index contributed by atoms with van der Waals surface area (Å²) < 4.78 is 5.37. The van der Waals surface area contributed by atoms with Gasteiger partial charge in [-0.15, -0.1) is 0 Å². The van der Waals surface area contributed by atoms with Gasteiger partial charge in [-0.1, -0.05) is 32.9 Å². The van der Waals surface area contributed by atoms with Gasteiger partial charge in [0.25, 0.3) is 5.91 Å². The van der Waals surface area contributed by atoms with Crippen LogP contribution < -0.4 is 10.1 Å². The number of nitrogens with one attached hydrogen (secondary N) is 1. The summed E-state index contributed by atoms with van der Waals surface area (Å²) in [7, 11) is 0. The molecule has 0 heterocycles. The first-order valence-electron chi connectivity index (χ1n) is 7.05. The van der Waals surface area contributed by atoms with Crippen LogP contribution in [0.5, 0.6) is 5.75 Å². The van der Waals surface area contributed by atoms with E-state index < -0.39 is 17.4 Å². The van der Waals surface area contributed by atoms with Crippen LogP contribution in [0.15, 0.2) is 24.3 Å². The van der Waals surface area contributed by atoms with Crippen molar-refractivity contribution in [3.63, 3.8) is 0 Å². The molecule has 0 bridgehead atoms. The molecule has 1 aromatic carbocycles. The molecule has 0 aliphatic heterocycles. The molecule has 0 aromatic heterocycles. The monoisotopic (exact) mass is 293 g/mol. The number of hydrogen-bond donors (Lipinski definition) is 2. The fraction of sp³-hybridized carbons (Fsp3) is 0.500. The Morgan fingerprint density at radius 2 is 1.86 bits per heavy atom. The zero-order chi connectivity index (χ0) is 16.0. The van der Waals surface area contributed by atoms with Crippen molar-refractivity contribution in [3.8, 4) is 5.75 Å². The molecule has 21 heavy (non-hydrogen) atoms. The van der Waals surface area contributed by atoms with Crippen molar-refractivity contribution in [2.45, 2.75) is 45.6 Å². The second-order valence-corrected chi connectivity index (χ2v) is 5.55. The first-order valence-corrected chi connectivity index (χ1v) is 7.05. The number of amides is 1. The number of hydrogen-bond acceptors (Lipinski definition) is 3. The second kappa shape index (κ2) is 7.11. The SMILES string of the molecule is CCC(C)(NC(=O)COc1ccc(C(C)C)cc1)C(=O)O. The summed E-state index contributed by atoms with van der Waals surface area (Å²) in [6, 6.07) is 7.51. The molecule has 0 radical (unpaired) electrons. The second-order valence-electron chi connectivity index (χ2n) is 5.55. The lowest BCUT2D eigenvalue weighted by Gasteiger charge is -2.24. The molecule has 1 amide bonds. The first kappa shape index (κ1) is 17.0. The minimum Gasteiger partial charge on any atom is -0.484 e. The molecule has 0 aliphatic carbocycles. The number of rotatable bonds is 7. The van der Waals surface area contributed by atoms with Crippen LogP contribution in [-0.4, -0.2) is 29.1 Å². The summed E-state index contributed by atoms with van der Waals surface area (Å²) in [6.45, 7) is 7.18. The fourth-order valence-corrected chi connectivity index (χ4v) is 1.73. The highest BCUT2D eigenvalue weighted by atomic mass is 16.5. The van der Waals surface area contributed by atoms with E-state index in [1.807, 2.05) is 12.1 Å². The number of carbonyl (C=O) groups excluding carboxylic acids is 1. The summed E-state index contributed by atoms with van der Waals surface area (Å²) in [5, 5.41) is 11.6. The molecule has 1 rings (SSSR count). The van der Waals surface area contributed by atoms with Crippen LogP contribution in [0.3, 0.4) is 0 Å². The number of carboxylic acids is 1. The Morgan fingerprint density at radius 3 is 2.29 bits per heavy atom. The lowest BCUT2D eigenvalue weighted by molar-refractivity contribution is -0.147. The van der Waals surface area contributed by atoms with Crippen LogP contribution in [0.4, 0.5) is 0 Å². The third kappa shape index (κ3) is 4.77. The van der Waals surface area contributed by atoms with E-state index in [1.165, 1.54) is 12.5 Å². The molecule has 0 fully saturated rings. The highest BCUT2D eigenvalue weighted by Crippen LogP contribution is 2.18. The zero-order valence-electron chi connectivity index (χ0n) is 13.0. The molecule has 1 aromatic rings. The topological polar surface area (TPSA) is 75.6 Å². The van der Waals surface area contributed by atoms with Crippen LogP contribution in [0.1, 0.15) is 45.6 Å². The number of ether oxygens (including phenoxy) is 1. The van der Waals surface area contributed by atoms with Gasteiger partial charge >= 0.3 is 5.97 Å². The summed E-state index contributed by atoms with van der Waals surface area (Å²) in [6.07, 6.45) is 0.303. The Morgan fingerprint density at radius 1 is 1.29 bits per heavy atom. The Kier molecular flexibility index (Phi) is 5.76. The van der Waals surface area contributed by atoms with Crippen LogP contribution >= 0.6 is 0 Å². The van der Waals surface area contributed by atoms with Crippen molar-refractivity contribution in [2.75, 3.05) is 6.61 Å². The Hall–Kier alpha value is -2.04. The average molecular weight is 293 g/mol. The molecule has 0 spiro atoms. The summed E-state index contributed by atoms with van der Waals surface area (Å²) in [5.41, 5.74) is -0.0710. The molecule has 0 saturated heterocycles. The van der Waals surface area contributed by atoms with Gasteiger partial charge in [0.15, 0.2) is 6.61 Å². The number of carboxylic acid groups (broad SMARTS) is 1. The molecule has 1 unspecified atom stereocenters. The number of aliphatic carboxylic acids is 1. The summed E-state index contributed by atoms with van der Waals surface area (Å²) in [5.74, 6) is -0.486. The standard InChI is InChI=1S/C16H23NO4/c1-5-16(4,15(19)20)17-14(18)10-21-13-8-6-12(7-9-13)11(2)3/h6-9,11H,5,10H2,1-4H3,(H,17,18)(H,19,20). The number of carbonyl (C=O) groups is 2. The lowest BCUT2D eigenvalue weighted by Crippen LogP contribution is -2.53. The highest BCUT2D eigenvalue weighted by molar-refractivity contribution is 5.87. The lowest BCUT2D eigenvalue weighted by atomic mass is 9.99. The Labute approximate surface area is 125 Å². The molecule has 0 aliphatic rings. The van der Waals surface area contributed by atoms with E-state index in [2.05, 4.69) is 19.2 Å². The van der Waals surface area contributed by atoms with Gasteiger partial charge in [-0.2, -0.15) is 0 Å². The maximum absolute atomic E-state index is 11.8. The quantitative estimate of drug-likeness (QED) is 0.810. The maximum atomic E-state index is 11.8. The average Bonchev–Trinajstić information content (AvgIpc) is 2.45. The van der Waals surface area contributed by atoms with Gasteiger partial charge < -0.3 is 15.2 Å². The van der Waals surface area contributed by atoms with Gasteiger partial charge in [-0.05, 0) is 37.0 Å². The van der Waals surface area contributed by atoms with Crippen molar-refractivity contribution >= 4 is 11.9 Å². The van der Waals surface area contributed by atoms with Crippen LogP contribution in [-0.2, 0) is 9.59 Å². The van der Waals surface area contributed by atoms with E-state index in [0.717, 1.165) is 0 Å². The third-order valence-electron chi connectivity index (χ3n) is 3.51. The van der Waals surface area contributed by atoms with Gasteiger partial charge in [-0.25, -0.2) is 4.79 Å². The Bertz CT molecular complexity index is 496. The predicted molar refractivity (Wildman–Crippen MR) is 80.5 cm³/mol. The van der Waals surface area contributed by atoms with Crippen molar-refractivity contribution in [1.29, 1.82) is 0 Å². The molecule has 2 N–H and O–H groups in total. The largest absolute Gasteiger partial charge is 0.484 e. The molecule has 0 saturated carbocycles. The minimum absolute atomic E-state index is 0.204. The van der Waals surface area contributed by atoms with E-state index in [9.17, 15) is 9.59 Å². The van der Waals surface area contributed by atoms with Gasteiger partial charge in [0.05, 0.1) is 0 Å². The van der Waals surface area contributed by atoms with E-state index >= 15 is 0 Å². The van der Waals surface area contributed by atoms with E-state index in [4.69, 9.17) is 9.84 Å². The van der Waals surface area contributed by atoms with Crippen molar-refractivity contribution in [2.24, 2.45) is 0 Å². The first-order chi connectivity index (χ1) is 9.78. The molecule has 116 valence electrons. The van der Waals surface area contributed by atoms with Crippen LogP contribution in [0.2, 0.25) is 0 Å². The Balaban J connectivity index is 2.55. The smallest absolute Gasteiger partial charge is 0.329 e. The van der Waals surface area contributed by atoms with E-state index in [-0.39, 0.29) is 6.61 Å².